The van der Waals surface area contributed by atoms with Gasteiger partial charge < -0.3 is 0 Å². The lowest BCUT2D eigenvalue weighted by molar-refractivity contribution is 1.33. The van der Waals surface area contributed by atoms with Crippen molar-refractivity contribution >= 4 is 0 Å². The third-order valence-corrected chi connectivity index (χ3v) is 4.31. The monoisotopic (exact) mass is 272 g/mol. The van der Waals surface area contributed by atoms with E-state index in [2.05, 4.69) is 87.5 Å². The fourth-order valence-electron chi connectivity index (χ4n) is 2.90. The van der Waals surface area contributed by atoms with Crippen LogP contribution in [0.1, 0.15) is 16.7 Å². The van der Waals surface area contributed by atoms with Crippen molar-refractivity contribution in [1.29, 1.82) is 0 Å². The van der Waals surface area contributed by atoms with E-state index in [1.54, 1.807) is 0 Å². The first-order valence-corrected chi connectivity index (χ1v) is 7.40. The predicted octanol–water partition coefficient (Wildman–Crippen LogP) is 5.95. The Labute approximate surface area is 127 Å². The molecule has 3 aromatic carbocycles. The third kappa shape index (κ3) is 2.50. The summed E-state index contributed by atoms with van der Waals surface area (Å²) in [6, 6.07) is 23.7. The molecule has 0 spiro atoms. The van der Waals surface area contributed by atoms with E-state index in [1.807, 2.05) is 0 Å². The Morgan fingerprint density at radius 2 is 1.05 bits per heavy atom. The minimum atomic E-state index is 1.28. The largest absolute Gasteiger partial charge is 0.0622 e. The van der Waals surface area contributed by atoms with Crippen molar-refractivity contribution < 1.29 is 0 Å². The third-order valence-electron chi connectivity index (χ3n) is 4.31. The summed E-state index contributed by atoms with van der Waals surface area (Å²) in [5.74, 6) is 0. The van der Waals surface area contributed by atoms with Crippen molar-refractivity contribution in [1.82, 2.24) is 0 Å². The van der Waals surface area contributed by atoms with Crippen LogP contribution >= 0.6 is 0 Å². The zero-order valence-electron chi connectivity index (χ0n) is 12.9. The van der Waals surface area contributed by atoms with Gasteiger partial charge in [-0.25, -0.2) is 0 Å². The Morgan fingerprint density at radius 3 is 1.76 bits per heavy atom. The number of aryl methyl sites for hydroxylation is 1. The molecule has 0 fully saturated rings. The van der Waals surface area contributed by atoms with E-state index >= 15 is 0 Å². The topological polar surface area (TPSA) is 0 Å². The molecule has 0 saturated heterocycles. The first-order valence-electron chi connectivity index (χ1n) is 7.40. The first kappa shape index (κ1) is 13.6. The van der Waals surface area contributed by atoms with Crippen molar-refractivity contribution in [3.63, 3.8) is 0 Å². The SMILES string of the molecule is Cc1cccc(-c2cccc(-c3ccccc3)c2C)c1C. The highest BCUT2D eigenvalue weighted by atomic mass is 14.1. The number of benzene rings is 3. The van der Waals surface area contributed by atoms with E-state index in [4.69, 9.17) is 0 Å². The molecular formula is C21H20. The minimum Gasteiger partial charge on any atom is -0.0622 e. The number of hydrogen-bond donors (Lipinski definition) is 0. The summed E-state index contributed by atoms with van der Waals surface area (Å²) in [4.78, 5) is 0. The van der Waals surface area contributed by atoms with Crippen LogP contribution in [0.3, 0.4) is 0 Å². The quantitative estimate of drug-likeness (QED) is 0.541. The molecular weight excluding hydrogens is 252 g/mol. The average molecular weight is 272 g/mol. The molecule has 0 bridgehead atoms. The minimum absolute atomic E-state index is 1.28. The van der Waals surface area contributed by atoms with Gasteiger partial charge in [-0.05, 0) is 59.7 Å². The van der Waals surface area contributed by atoms with Gasteiger partial charge in [0.05, 0.1) is 0 Å². The normalized spacial score (nSPS) is 10.6. The van der Waals surface area contributed by atoms with Crippen LogP contribution in [0.15, 0.2) is 66.7 Å². The molecule has 3 aromatic rings. The molecule has 0 aromatic heterocycles. The number of rotatable bonds is 2. The summed E-state index contributed by atoms with van der Waals surface area (Å²) in [6.07, 6.45) is 0. The Morgan fingerprint density at radius 1 is 0.476 bits per heavy atom. The summed E-state index contributed by atoms with van der Waals surface area (Å²) in [7, 11) is 0. The summed E-state index contributed by atoms with van der Waals surface area (Å²) in [5, 5.41) is 0. The highest BCUT2D eigenvalue weighted by Gasteiger charge is 2.10. The summed E-state index contributed by atoms with van der Waals surface area (Å²) in [6.45, 7) is 6.61. The Bertz CT molecular complexity index is 767. The summed E-state index contributed by atoms with van der Waals surface area (Å²) < 4.78 is 0. The fraction of sp³-hybridized carbons (Fsp3) is 0.143. The maximum atomic E-state index is 2.23. The Hall–Kier alpha value is -2.34. The molecule has 0 saturated carbocycles. The lowest BCUT2D eigenvalue weighted by Gasteiger charge is -2.15. The summed E-state index contributed by atoms with van der Waals surface area (Å²) in [5.41, 5.74) is 9.32. The zero-order chi connectivity index (χ0) is 14.8. The van der Waals surface area contributed by atoms with Crippen molar-refractivity contribution in [3.05, 3.63) is 83.4 Å². The second-order valence-corrected chi connectivity index (χ2v) is 5.59. The van der Waals surface area contributed by atoms with E-state index in [9.17, 15) is 0 Å². The highest BCUT2D eigenvalue weighted by Crippen LogP contribution is 2.33. The van der Waals surface area contributed by atoms with Gasteiger partial charge in [0.25, 0.3) is 0 Å². The van der Waals surface area contributed by atoms with E-state index in [-0.39, 0.29) is 0 Å². The molecule has 0 aliphatic rings. The summed E-state index contributed by atoms with van der Waals surface area (Å²) >= 11 is 0. The van der Waals surface area contributed by atoms with Gasteiger partial charge in [0.1, 0.15) is 0 Å². The maximum absolute atomic E-state index is 2.23. The molecule has 0 nitrogen and oxygen atoms in total. The van der Waals surface area contributed by atoms with Crippen LogP contribution < -0.4 is 0 Å². The van der Waals surface area contributed by atoms with Gasteiger partial charge in [-0.3, -0.25) is 0 Å². The van der Waals surface area contributed by atoms with Gasteiger partial charge in [-0.15, -0.1) is 0 Å². The van der Waals surface area contributed by atoms with Crippen molar-refractivity contribution in [2.45, 2.75) is 20.8 Å². The molecule has 21 heavy (non-hydrogen) atoms. The van der Waals surface area contributed by atoms with Crippen molar-refractivity contribution in [3.8, 4) is 22.3 Å². The van der Waals surface area contributed by atoms with Crippen LogP contribution in [-0.4, -0.2) is 0 Å². The molecule has 0 atom stereocenters. The van der Waals surface area contributed by atoms with Gasteiger partial charge in [0.2, 0.25) is 0 Å². The van der Waals surface area contributed by atoms with Crippen LogP contribution in [0.25, 0.3) is 22.3 Å². The van der Waals surface area contributed by atoms with Crippen LogP contribution in [0.4, 0.5) is 0 Å². The number of hydrogen-bond acceptors (Lipinski definition) is 0. The standard InChI is InChI=1S/C21H20/c1-15-9-7-13-20(16(15)2)21-14-8-12-19(17(21)3)18-10-5-4-6-11-18/h4-14H,1-3H3. The molecule has 0 aliphatic carbocycles. The second kappa shape index (κ2) is 5.57. The van der Waals surface area contributed by atoms with E-state index in [0.29, 0.717) is 0 Å². The van der Waals surface area contributed by atoms with E-state index in [1.165, 1.54) is 38.9 Å². The molecule has 0 radical (unpaired) electrons. The van der Waals surface area contributed by atoms with Gasteiger partial charge in [-0.2, -0.15) is 0 Å². The Kier molecular flexibility index (Phi) is 3.62. The van der Waals surface area contributed by atoms with Crippen LogP contribution in [-0.2, 0) is 0 Å². The van der Waals surface area contributed by atoms with Crippen LogP contribution in [0.2, 0.25) is 0 Å². The smallest absolute Gasteiger partial charge is 0.0146 e. The molecule has 104 valence electrons. The molecule has 0 unspecified atom stereocenters. The fourth-order valence-corrected chi connectivity index (χ4v) is 2.90. The van der Waals surface area contributed by atoms with Gasteiger partial charge in [-0.1, -0.05) is 66.7 Å². The van der Waals surface area contributed by atoms with Gasteiger partial charge >= 0.3 is 0 Å². The van der Waals surface area contributed by atoms with Crippen molar-refractivity contribution in [2.75, 3.05) is 0 Å². The average Bonchev–Trinajstić information content (AvgIpc) is 2.52. The molecule has 0 aliphatic heterocycles. The van der Waals surface area contributed by atoms with Crippen LogP contribution in [0.5, 0.6) is 0 Å². The van der Waals surface area contributed by atoms with Crippen LogP contribution in [0, 0.1) is 20.8 Å². The van der Waals surface area contributed by atoms with Gasteiger partial charge in [0.15, 0.2) is 0 Å². The maximum Gasteiger partial charge on any atom is -0.0146 e. The van der Waals surface area contributed by atoms with E-state index < -0.39 is 0 Å². The Balaban J connectivity index is 2.20. The first-order chi connectivity index (χ1) is 10.2. The van der Waals surface area contributed by atoms with Crippen molar-refractivity contribution in [2.24, 2.45) is 0 Å². The van der Waals surface area contributed by atoms with Gasteiger partial charge in [0, 0.05) is 0 Å². The second-order valence-electron chi connectivity index (χ2n) is 5.59. The molecule has 0 N–H and O–H groups in total. The molecule has 3 rings (SSSR count). The van der Waals surface area contributed by atoms with E-state index in [0.717, 1.165) is 0 Å². The lowest BCUT2D eigenvalue weighted by Crippen LogP contribution is -1.92. The molecule has 0 heterocycles. The predicted molar refractivity (Wildman–Crippen MR) is 91.5 cm³/mol. The molecule has 0 heteroatoms. The zero-order valence-corrected chi connectivity index (χ0v) is 12.9. The highest BCUT2D eigenvalue weighted by molar-refractivity contribution is 5.79. The molecule has 0 amide bonds. The lowest BCUT2D eigenvalue weighted by atomic mass is 9.90.